The van der Waals surface area contributed by atoms with E-state index < -0.39 is 0 Å². The molecule has 0 saturated heterocycles. The van der Waals surface area contributed by atoms with E-state index >= 15 is 0 Å². The van der Waals surface area contributed by atoms with Crippen LogP contribution in [0.2, 0.25) is 0 Å². The molecule has 3 nitrogen and oxygen atoms in total. The van der Waals surface area contributed by atoms with Crippen LogP contribution in [0.25, 0.3) is 0 Å². The van der Waals surface area contributed by atoms with Crippen LogP contribution in [0.3, 0.4) is 0 Å². The maximum atomic E-state index is 5.00. The van der Waals surface area contributed by atoms with Crippen molar-refractivity contribution in [3.63, 3.8) is 0 Å². The van der Waals surface area contributed by atoms with Gasteiger partial charge >= 0.3 is 0 Å². The van der Waals surface area contributed by atoms with Crippen molar-refractivity contribution < 1.29 is 4.84 Å². The normalized spacial score (nSPS) is 11.9. The lowest BCUT2D eigenvalue weighted by molar-refractivity contribution is 0.304. The summed E-state index contributed by atoms with van der Waals surface area (Å²) < 4.78 is 0. The van der Waals surface area contributed by atoms with Crippen molar-refractivity contribution >= 4 is 5.90 Å². The highest BCUT2D eigenvalue weighted by Crippen LogP contribution is 2.03. The molecule has 0 fully saturated rings. The molecule has 0 aliphatic carbocycles. The number of allylic oxidation sites excluding steroid dienone is 1. The first-order chi connectivity index (χ1) is 5.06. The van der Waals surface area contributed by atoms with Crippen LogP contribution >= 0.6 is 0 Å². The van der Waals surface area contributed by atoms with Gasteiger partial charge in [0.15, 0.2) is 0 Å². The standard InChI is InChI=1S/C8H16N2O/c1-6(2)5-8(11-9)10-7(3)4/h6H,3,5,9H2,1-2,4H3. The van der Waals surface area contributed by atoms with Gasteiger partial charge in [0.1, 0.15) is 0 Å². The molecular formula is C8H16N2O. The molecule has 0 aliphatic heterocycles. The topological polar surface area (TPSA) is 47.6 Å². The summed E-state index contributed by atoms with van der Waals surface area (Å²) in [5, 5.41) is 0. The van der Waals surface area contributed by atoms with Gasteiger partial charge in [-0.3, -0.25) is 0 Å². The van der Waals surface area contributed by atoms with Gasteiger partial charge in [-0.15, -0.1) is 0 Å². The fraction of sp³-hybridized carbons (Fsp3) is 0.625. The van der Waals surface area contributed by atoms with Gasteiger partial charge in [-0.05, 0) is 12.8 Å². The van der Waals surface area contributed by atoms with E-state index in [-0.39, 0.29) is 0 Å². The highest BCUT2D eigenvalue weighted by Gasteiger charge is 2.02. The Morgan fingerprint density at radius 2 is 2.18 bits per heavy atom. The third-order valence-electron chi connectivity index (χ3n) is 1.03. The highest BCUT2D eigenvalue weighted by atomic mass is 16.6. The number of hydrogen-bond acceptors (Lipinski definition) is 3. The minimum Gasteiger partial charge on any atom is -0.396 e. The first-order valence-corrected chi connectivity index (χ1v) is 3.66. The van der Waals surface area contributed by atoms with Crippen molar-refractivity contribution in [3.05, 3.63) is 12.3 Å². The fourth-order valence-electron chi connectivity index (χ4n) is 0.682. The molecule has 0 aromatic heterocycles. The van der Waals surface area contributed by atoms with Gasteiger partial charge in [0, 0.05) is 12.1 Å². The van der Waals surface area contributed by atoms with E-state index in [1.54, 1.807) is 6.92 Å². The molecule has 0 unspecified atom stereocenters. The second kappa shape index (κ2) is 4.91. The maximum absolute atomic E-state index is 5.00. The molecule has 0 rings (SSSR count). The lowest BCUT2D eigenvalue weighted by Crippen LogP contribution is -2.12. The zero-order valence-corrected chi connectivity index (χ0v) is 7.42. The first-order valence-electron chi connectivity index (χ1n) is 3.66. The molecule has 0 aromatic carbocycles. The SMILES string of the molecule is C=C(C)N=C(CC(C)C)ON. The fourth-order valence-corrected chi connectivity index (χ4v) is 0.682. The van der Waals surface area contributed by atoms with Crippen LogP contribution in [0.15, 0.2) is 17.3 Å². The van der Waals surface area contributed by atoms with E-state index in [1.807, 2.05) is 0 Å². The summed E-state index contributed by atoms with van der Waals surface area (Å²) in [7, 11) is 0. The zero-order chi connectivity index (χ0) is 8.85. The molecule has 0 aromatic rings. The van der Waals surface area contributed by atoms with Gasteiger partial charge in [-0.1, -0.05) is 20.4 Å². The Balaban J connectivity index is 4.05. The van der Waals surface area contributed by atoms with Crippen molar-refractivity contribution in [1.82, 2.24) is 0 Å². The van der Waals surface area contributed by atoms with E-state index in [0.29, 0.717) is 17.5 Å². The number of hydrogen-bond donors (Lipinski definition) is 1. The molecule has 11 heavy (non-hydrogen) atoms. The van der Waals surface area contributed by atoms with Crippen molar-refractivity contribution in [1.29, 1.82) is 0 Å². The van der Waals surface area contributed by atoms with Gasteiger partial charge in [0.25, 0.3) is 0 Å². The van der Waals surface area contributed by atoms with Gasteiger partial charge in [-0.25, -0.2) is 4.99 Å². The molecule has 3 heteroatoms. The minimum atomic E-state index is 0.497. The predicted molar refractivity (Wildman–Crippen MR) is 47.0 cm³/mol. The third-order valence-corrected chi connectivity index (χ3v) is 1.03. The minimum absolute atomic E-state index is 0.497. The molecule has 0 saturated carbocycles. The molecule has 0 heterocycles. The molecule has 2 N–H and O–H groups in total. The predicted octanol–water partition coefficient (Wildman–Crippen LogP) is 1.85. The maximum Gasteiger partial charge on any atom is 0.213 e. The van der Waals surface area contributed by atoms with Crippen LogP contribution in [0.5, 0.6) is 0 Å². The Morgan fingerprint density at radius 1 is 1.64 bits per heavy atom. The monoisotopic (exact) mass is 156 g/mol. The van der Waals surface area contributed by atoms with Crippen molar-refractivity contribution in [2.75, 3.05) is 0 Å². The van der Waals surface area contributed by atoms with Crippen molar-refractivity contribution in [2.45, 2.75) is 27.2 Å². The second-order valence-electron chi connectivity index (χ2n) is 2.96. The van der Waals surface area contributed by atoms with E-state index in [1.165, 1.54) is 0 Å². The summed E-state index contributed by atoms with van der Waals surface area (Å²) in [6.45, 7) is 9.58. The van der Waals surface area contributed by atoms with Crippen LogP contribution in [0.4, 0.5) is 0 Å². The summed E-state index contributed by atoms with van der Waals surface area (Å²) in [6.07, 6.45) is 0.753. The van der Waals surface area contributed by atoms with E-state index in [4.69, 9.17) is 5.90 Å². The molecule has 0 aliphatic rings. The molecule has 0 bridgehead atoms. The lowest BCUT2D eigenvalue weighted by Gasteiger charge is -2.05. The molecule has 0 atom stereocenters. The molecule has 0 radical (unpaired) electrons. The number of aliphatic imine (C=N–C) groups is 1. The van der Waals surface area contributed by atoms with E-state index in [9.17, 15) is 0 Å². The van der Waals surface area contributed by atoms with Crippen LogP contribution in [-0.2, 0) is 4.84 Å². The molecule has 0 spiro atoms. The van der Waals surface area contributed by atoms with Gasteiger partial charge in [0.2, 0.25) is 5.90 Å². The highest BCUT2D eigenvalue weighted by molar-refractivity contribution is 5.76. The number of nitrogens with two attached hydrogens (primary N) is 1. The van der Waals surface area contributed by atoms with Crippen LogP contribution < -0.4 is 5.90 Å². The average Bonchev–Trinajstić information content (AvgIpc) is 1.84. The van der Waals surface area contributed by atoms with Gasteiger partial charge in [0.05, 0.1) is 0 Å². The molecule has 64 valence electrons. The summed E-state index contributed by atoms with van der Waals surface area (Å²) in [5.41, 5.74) is 0.714. The zero-order valence-electron chi connectivity index (χ0n) is 7.42. The molecular weight excluding hydrogens is 140 g/mol. The van der Waals surface area contributed by atoms with Crippen molar-refractivity contribution in [3.8, 4) is 0 Å². The lowest BCUT2D eigenvalue weighted by atomic mass is 10.1. The summed E-state index contributed by atoms with van der Waals surface area (Å²) in [5.74, 6) is 6.04. The Morgan fingerprint density at radius 3 is 2.45 bits per heavy atom. The summed E-state index contributed by atoms with van der Waals surface area (Å²) in [6, 6.07) is 0. The van der Waals surface area contributed by atoms with Gasteiger partial charge in [-0.2, -0.15) is 5.90 Å². The van der Waals surface area contributed by atoms with Gasteiger partial charge < -0.3 is 4.84 Å². The quantitative estimate of drug-likeness (QED) is 0.385. The average molecular weight is 156 g/mol. The van der Waals surface area contributed by atoms with Crippen molar-refractivity contribution in [2.24, 2.45) is 16.8 Å². The van der Waals surface area contributed by atoms with Crippen LogP contribution in [-0.4, -0.2) is 5.90 Å². The van der Waals surface area contributed by atoms with E-state index in [2.05, 4.69) is 30.3 Å². The second-order valence-corrected chi connectivity index (χ2v) is 2.96. The Hall–Kier alpha value is -0.830. The Labute approximate surface area is 67.9 Å². The third kappa shape index (κ3) is 5.61. The number of rotatable bonds is 3. The largest absolute Gasteiger partial charge is 0.396 e. The van der Waals surface area contributed by atoms with E-state index in [0.717, 1.165) is 6.42 Å². The number of nitrogens with zero attached hydrogens (tertiary/aromatic N) is 1. The van der Waals surface area contributed by atoms with Crippen LogP contribution in [0.1, 0.15) is 27.2 Å². The summed E-state index contributed by atoms with van der Waals surface area (Å²) in [4.78, 5) is 8.57. The summed E-state index contributed by atoms with van der Waals surface area (Å²) >= 11 is 0. The first kappa shape index (κ1) is 10.2. The Kier molecular flexibility index (Phi) is 4.54. The molecule has 0 amide bonds. The van der Waals surface area contributed by atoms with Crippen LogP contribution in [0, 0.1) is 5.92 Å². The Bertz CT molecular complexity index is 161. The smallest absolute Gasteiger partial charge is 0.213 e.